The normalized spacial score (nSPS) is 14.8. The second kappa shape index (κ2) is 7.76. The van der Waals surface area contributed by atoms with Crippen molar-refractivity contribution < 1.29 is 17.9 Å². The van der Waals surface area contributed by atoms with E-state index in [2.05, 4.69) is 10.0 Å². The number of nitrogens with zero attached hydrogens (tertiary/aromatic N) is 1. The first kappa shape index (κ1) is 18.2. The van der Waals surface area contributed by atoms with Crippen LogP contribution < -0.4 is 14.8 Å². The lowest BCUT2D eigenvalue weighted by Crippen LogP contribution is -2.34. The van der Waals surface area contributed by atoms with E-state index in [-0.39, 0.29) is 11.3 Å². The lowest BCUT2D eigenvalue weighted by molar-refractivity contribution is 0.102. The number of carbonyl (C=O) groups is 1. The summed E-state index contributed by atoms with van der Waals surface area (Å²) >= 11 is 0. The van der Waals surface area contributed by atoms with Crippen LogP contribution in [0.1, 0.15) is 23.2 Å². The standard InChI is InChI=1S/C18H21N3O4S/c1-25-15-10-8-14(9-11-15)19-18(22)16-6-2-3-7-17(16)20-26(23,24)21-12-4-5-13-21/h2-3,6-11,20H,4-5,12-13H2,1H3,(H,19,22). The van der Waals surface area contributed by atoms with Gasteiger partial charge in [-0.3, -0.25) is 9.52 Å². The summed E-state index contributed by atoms with van der Waals surface area (Å²) in [5.41, 5.74) is 1.10. The van der Waals surface area contributed by atoms with Crippen LogP contribution in [0, 0.1) is 0 Å². The van der Waals surface area contributed by atoms with E-state index in [1.54, 1.807) is 55.6 Å². The molecule has 1 heterocycles. The molecule has 0 spiro atoms. The molecule has 2 aromatic rings. The van der Waals surface area contributed by atoms with E-state index in [1.165, 1.54) is 4.31 Å². The lowest BCUT2D eigenvalue weighted by Gasteiger charge is -2.18. The molecule has 0 aliphatic carbocycles. The number of para-hydroxylation sites is 1. The van der Waals surface area contributed by atoms with Gasteiger partial charge in [0.15, 0.2) is 0 Å². The Kier molecular flexibility index (Phi) is 5.43. The monoisotopic (exact) mass is 375 g/mol. The SMILES string of the molecule is COc1ccc(NC(=O)c2ccccc2NS(=O)(=O)N2CCCC2)cc1. The van der Waals surface area contributed by atoms with Crippen LogP contribution >= 0.6 is 0 Å². The van der Waals surface area contributed by atoms with Gasteiger partial charge in [-0.05, 0) is 49.2 Å². The second-order valence-corrected chi connectivity index (χ2v) is 7.61. The molecule has 8 heteroatoms. The number of ether oxygens (including phenoxy) is 1. The summed E-state index contributed by atoms with van der Waals surface area (Å²) in [6.07, 6.45) is 1.70. The Hall–Kier alpha value is -2.58. The number of hydrogen-bond donors (Lipinski definition) is 2. The number of rotatable bonds is 6. The number of benzene rings is 2. The third-order valence-corrected chi connectivity index (χ3v) is 5.69. The highest BCUT2D eigenvalue weighted by molar-refractivity contribution is 7.90. The summed E-state index contributed by atoms with van der Waals surface area (Å²) in [6.45, 7) is 0.991. The average molecular weight is 375 g/mol. The molecule has 138 valence electrons. The minimum atomic E-state index is -3.66. The molecular formula is C18H21N3O4S. The van der Waals surface area contributed by atoms with Gasteiger partial charge >= 0.3 is 10.2 Å². The zero-order valence-electron chi connectivity index (χ0n) is 14.4. The molecule has 1 saturated heterocycles. The van der Waals surface area contributed by atoms with Crippen LogP contribution in [0.15, 0.2) is 48.5 Å². The molecular weight excluding hydrogens is 354 g/mol. The fourth-order valence-corrected chi connectivity index (χ4v) is 4.10. The third kappa shape index (κ3) is 4.14. The number of hydrogen-bond acceptors (Lipinski definition) is 4. The van der Waals surface area contributed by atoms with Crippen LogP contribution in [0.25, 0.3) is 0 Å². The molecule has 1 aliphatic heterocycles. The van der Waals surface area contributed by atoms with Gasteiger partial charge in [0.05, 0.1) is 18.4 Å². The van der Waals surface area contributed by atoms with Crippen molar-refractivity contribution in [3.8, 4) is 5.75 Å². The van der Waals surface area contributed by atoms with Gasteiger partial charge in [0.25, 0.3) is 5.91 Å². The number of carbonyl (C=O) groups excluding carboxylic acids is 1. The van der Waals surface area contributed by atoms with Crippen molar-refractivity contribution in [1.29, 1.82) is 0 Å². The summed E-state index contributed by atoms with van der Waals surface area (Å²) in [6, 6.07) is 13.4. The lowest BCUT2D eigenvalue weighted by atomic mass is 10.1. The average Bonchev–Trinajstić information content (AvgIpc) is 3.18. The van der Waals surface area contributed by atoms with Crippen LogP contribution in [0.2, 0.25) is 0 Å². The van der Waals surface area contributed by atoms with Gasteiger partial charge < -0.3 is 10.1 Å². The Morgan fingerprint density at radius 3 is 2.35 bits per heavy atom. The maximum Gasteiger partial charge on any atom is 0.301 e. The zero-order valence-corrected chi connectivity index (χ0v) is 15.3. The highest BCUT2D eigenvalue weighted by atomic mass is 32.2. The first-order chi connectivity index (χ1) is 12.5. The topological polar surface area (TPSA) is 87.7 Å². The maximum absolute atomic E-state index is 12.6. The molecule has 0 unspecified atom stereocenters. The first-order valence-corrected chi connectivity index (χ1v) is 9.76. The van der Waals surface area contributed by atoms with Crippen molar-refractivity contribution in [2.24, 2.45) is 0 Å². The Morgan fingerprint density at radius 2 is 1.69 bits per heavy atom. The summed E-state index contributed by atoms with van der Waals surface area (Å²) in [4.78, 5) is 12.6. The van der Waals surface area contributed by atoms with E-state index in [0.29, 0.717) is 24.5 Å². The van der Waals surface area contributed by atoms with Crippen molar-refractivity contribution in [3.05, 3.63) is 54.1 Å². The van der Waals surface area contributed by atoms with Gasteiger partial charge in [-0.1, -0.05) is 12.1 Å². The van der Waals surface area contributed by atoms with Crippen molar-refractivity contribution >= 4 is 27.5 Å². The molecule has 0 bridgehead atoms. The fourth-order valence-electron chi connectivity index (χ4n) is 2.77. The van der Waals surface area contributed by atoms with Crippen molar-refractivity contribution in [1.82, 2.24) is 4.31 Å². The molecule has 0 saturated carbocycles. The van der Waals surface area contributed by atoms with Crippen molar-refractivity contribution in [3.63, 3.8) is 0 Å². The van der Waals surface area contributed by atoms with Gasteiger partial charge in [0, 0.05) is 18.8 Å². The van der Waals surface area contributed by atoms with E-state index in [9.17, 15) is 13.2 Å². The number of nitrogens with one attached hydrogen (secondary N) is 2. The number of anilines is 2. The summed E-state index contributed by atoms with van der Waals surface area (Å²) < 4.78 is 34.0. The molecule has 0 aromatic heterocycles. The van der Waals surface area contributed by atoms with Crippen LogP contribution in [-0.2, 0) is 10.2 Å². The smallest absolute Gasteiger partial charge is 0.301 e. The Morgan fingerprint density at radius 1 is 1.04 bits per heavy atom. The minimum Gasteiger partial charge on any atom is -0.497 e. The van der Waals surface area contributed by atoms with Crippen LogP contribution in [0.3, 0.4) is 0 Å². The molecule has 2 aromatic carbocycles. The largest absolute Gasteiger partial charge is 0.497 e. The Balaban J connectivity index is 1.78. The van der Waals surface area contributed by atoms with Crippen LogP contribution in [-0.4, -0.2) is 38.8 Å². The van der Waals surface area contributed by atoms with Gasteiger partial charge in [0.2, 0.25) is 0 Å². The highest BCUT2D eigenvalue weighted by Crippen LogP contribution is 2.22. The van der Waals surface area contributed by atoms with Crippen molar-refractivity contribution in [2.45, 2.75) is 12.8 Å². The van der Waals surface area contributed by atoms with Gasteiger partial charge in [0.1, 0.15) is 5.75 Å². The van der Waals surface area contributed by atoms with E-state index in [0.717, 1.165) is 12.8 Å². The molecule has 1 amide bonds. The van der Waals surface area contributed by atoms with E-state index in [4.69, 9.17) is 4.74 Å². The third-order valence-electron chi connectivity index (χ3n) is 4.16. The molecule has 26 heavy (non-hydrogen) atoms. The van der Waals surface area contributed by atoms with E-state index in [1.807, 2.05) is 0 Å². The van der Waals surface area contributed by atoms with Gasteiger partial charge in [-0.25, -0.2) is 0 Å². The van der Waals surface area contributed by atoms with Gasteiger partial charge in [-0.15, -0.1) is 0 Å². The molecule has 7 nitrogen and oxygen atoms in total. The van der Waals surface area contributed by atoms with Crippen LogP contribution in [0.4, 0.5) is 11.4 Å². The molecule has 0 atom stereocenters. The molecule has 0 radical (unpaired) electrons. The summed E-state index contributed by atoms with van der Waals surface area (Å²) in [5.74, 6) is 0.289. The Bertz CT molecular complexity index is 876. The molecule has 1 aliphatic rings. The summed E-state index contributed by atoms with van der Waals surface area (Å²) in [7, 11) is -2.10. The molecule has 1 fully saturated rings. The van der Waals surface area contributed by atoms with E-state index < -0.39 is 16.1 Å². The predicted octanol–water partition coefficient (Wildman–Crippen LogP) is 2.70. The number of methoxy groups -OCH3 is 1. The van der Waals surface area contributed by atoms with Crippen molar-refractivity contribution in [2.75, 3.05) is 30.2 Å². The zero-order chi connectivity index (χ0) is 18.6. The molecule has 2 N–H and O–H groups in total. The highest BCUT2D eigenvalue weighted by Gasteiger charge is 2.26. The quantitative estimate of drug-likeness (QED) is 0.813. The first-order valence-electron chi connectivity index (χ1n) is 8.32. The Labute approximate surface area is 153 Å². The minimum absolute atomic E-state index is 0.255. The van der Waals surface area contributed by atoms with Gasteiger partial charge in [-0.2, -0.15) is 12.7 Å². The fraction of sp³-hybridized carbons (Fsp3) is 0.278. The maximum atomic E-state index is 12.6. The summed E-state index contributed by atoms with van der Waals surface area (Å²) in [5, 5.41) is 2.76. The number of amides is 1. The molecule has 3 rings (SSSR count). The van der Waals surface area contributed by atoms with Crippen LogP contribution in [0.5, 0.6) is 5.75 Å². The van der Waals surface area contributed by atoms with E-state index >= 15 is 0 Å². The predicted molar refractivity (Wildman–Crippen MR) is 101 cm³/mol. The second-order valence-electron chi connectivity index (χ2n) is 5.94.